The summed E-state index contributed by atoms with van der Waals surface area (Å²) >= 11 is 5.51. The number of thiocarbonyl (C=S) groups is 1. The van der Waals surface area contributed by atoms with E-state index in [-0.39, 0.29) is 18.2 Å². The number of anilines is 1. The molecule has 0 aliphatic carbocycles. The van der Waals surface area contributed by atoms with Crippen molar-refractivity contribution in [2.75, 3.05) is 18.6 Å². The maximum absolute atomic E-state index is 13.2. The number of methoxy groups -OCH3 is 1. The van der Waals surface area contributed by atoms with E-state index in [9.17, 15) is 14.0 Å². The van der Waals surface area contributed by atoms with Gasteiger partial charge in [-0.25, -0.2) is 9.29 Å². The van der Waals surface area contributed by atoms with Crippen LogP contribution in [0.1, 0.15) is 25.3 Å². The molecule has 1 fully saturated rings. The van der Waals surface area contributed by atoms with E-state index in [0.29, 0.717) is 30.1 Å². The summed E-state index contributed by atoms with van der Waals surface area (Å²) in [6.45, 7) is 2.46. The first-order valence-corrected chi connectivity index (χ1v) is 9.90. The fraction of sp³-hybridized carbons (Fsp3) is 0.318. The molecule has 3 rings (SSSR count). The van der Waals surface area contributed by atoms with Gasteiger partial charge in [0, 0.05) is 6.54 Å². The van der Waals surface area contributed by atoms with Crippen molar-refractivity contribution in [2.24, 2.45) is 0 Å². The van der Waals surface area contributed by atoms with Crippen LogP contribution in [-0.4, -0.2) is 41.4 Å². The van der Waals surface area contributed by atoms with Crippen molar-refractivity contribution in [1.29, 1.82) is 0 Å². The molecule has 5 nitrogen and oxygen atoms in total. The number of hydrogen-bond acceptors (Lipinski definition) is 4. The van der Waals surface area contributed by atoms with E-state index in [1.807, 2.05) is 36.1 Å². The van der Waals surface area contributed by atoms with Crippen LogP contribution in [-0.2, 0) is 16.0 Å². The first-order valence-electron chi connectivity index (χ1n) is 9.49. The highest BCUT2D eigenvalue weighted by Crippen LogP contribution is 2.27. The summed E-state index contributed by atoms with van der Waals surface area (Å²) in [4.78, 5) is 29.2. The van der Waals surface area contributed by atoms with Crippen molar-refractivity contribution >= 4 is 34.7 Å². The molecule has 0 spiro atoms. The van der Waals surface area contributed by atoms with Gasteiger partial charge in [0.05, 0.1) is 24.2 Å². The van der Waals surface area contributed by atoms with E-state index in [4.69, 9.17) is 17.0 Å². The second-order valence-corrected chi connectivity index (χ2v) is 7.27. The molecule has 2 aromatic carbocycles. The largest absolute Gasteiger partial charge is 0.497 e. The van der Waals surface area contributed by atoms with Gasteiger partial charge in [-0.05, 0) is 54.8 Å². The summed E-state index contributed by atoms with van der Waals surface area (Å²) < 4.78 is 18.4. The molecule has 2 aromatic rings. The van der Waals surface area contributed by atoms with Crippen LogP contribution in [0, 0.1) is 5.82 Å². The lowest BCUT2D eigenvalue weighted by Crippen LogP contribution is -2.45. The Balaban J connectivity index is 1.77. The second-order valence-electron chi connectivity index (χ2n) is 6.80. The lowest BCUT2D eigenvalue weighted by Gasteiger charge is -2.29. The Morgan fingerprint density at radius 2 is 1.83 bits per heavy atom. The molecule has 1 heterocycles. The van der Waals surface area contributed by atoms with Crippen LogP contribution in [0.2, 0.25) is 0 Å². The van der Waals surface area contributed by atoms with Crippen LogP contribution in [0.3, 0.4) is 0 Å². The minimum atomic E-state index is -0.641. The number of rotatable bonds is 7. The molecule has 0 saturated carbocycles. The number of halogens is 1. The van der Waals surface area contributed by atoms with Gasteiger partial charge in [0.15, 0.2) is 0 Å². The van der Waals surface area contributed by atoms with E-state index in [0.717, 1.165) is 16.2 Å². The van der Waals surface area contributed by atoms with Gasteiger partial charge >= 0.3 is 0 Å². The molecule has 1 unspecified atom stereocenters. The van der Waals surface area contributed by atoms with Crippen LogP contribution >= 0.6 is 12.2 Å². The van der Waals surface area contributed by atoms with Gasteiger partial charge in [0.25, 0.3) is 5.91 Å². The lowest BCUT2D eigenvalue weighted by atomic mass is 10.1. The summed E-state index contributed by atoms with van der Waals surface area (Å²) in [5.74, 6) is -0.272. The Labute approximate surface area is 175 Å². The summed E-state index contributed by atoms with van der Waals surface area (Å²) in [5.41, 5.74) is 1.46. The summed E-state index contributed by atoms with van der Waals surface area (Å²) in [6, 6.07) is 12.4. The third kappa shape index (κ3) is 4.62. The van der Waals surface area contributed by atoms with Crippen molar-refractivity contribution in [3.05, 3.63) is 59.9 Å². The van der Waals surface area contributed by atoms with Crippen molar-refractivity contribution < 1.29 is 18.7 Å². The molecule has 152 valence electrons. The van der Waals surface area contributed by atoms with Gasteiger partial charge in [-0.1, -0.05) is 31.3 Å². The monoisotopic (exact) mass is 414 g/mol. The molecule has 0 aromatic heterocycles. The Morgan fingerprint density at radius 1 is 1.17 bits per heavy atom. The molecule has 1 aliphatic rings. The molecular formula is C22H23FN2O3S. The minimum absolute atomic E-state index is 0.0545. The number of carbonyl (C=O) groups excluding carboxylic acids is 2. The van der Waals surface area contributed by atoms with Crippen molar-refractivity contribution in [3.63, 3.8) is 0 Å². The number of benzene rings is 2. The van der Waals surface area contributed by atoms with Crippen LogP contribution < -0.4 is 9.64 Å². The average molecular weight is 415 g/mol. The Morgan fingerprint density at radius 3 is 2.41 bits per heavy atom. The Kier molecular flexibility index (Phi) is 6.59. The van der Waals surface area contributed by atoms with Gasteiger partial charge in [-0.2, -0.15) is 0 Å². The number of ether oxygens (including phenoxy) is 1. The van der Waals surface area contributed by atoms with Gasteiger partial charge in [0.1, 0.15) is 17.6 Å². The number of nitrogens with zero attached hydrogens (tertiary/aromatic N) is 2. The van der Waals surface area contributed by atoms with Crippen LogP contribution in [0.4, 0.5) is 10.1 Å². The van der Waals surface area contributed by atoms with E-state index >= 15 is 0 Å². The van der Waals surface area contributed by atoms with Crippen molar-refractivity contribution in [1.82, 2.24) is 4.90 Å². The molecule has 1 atom stereocenters. The van der Waals surface area contributed by atoms with E-state index in [1.165, 1.54) is 24.3 Å². The number of amides is 2. The third-order valence-electron chi connectivity index (χ3n) is 5.01. The standard InChI is InChI=1S/C22H23FN2O3S/c1-3-21(29)24(13-12-15-4-10-18(28-2)11-5-15)19-14-20(26)25(22(19)27)17-8-6-16(23)7-9-17/h4-11,19H,3,12-14H2,1-2H3. The molecule has 0 radical (unpaired) electrons. The smallest absolute Gasteiger partial charge is 0.257 e. The Hall–Kier alpha value is -2.80. The average Bonchev–Trinajstić information content (AvgIpc) is 3.03. The van der Waals surface area contributed by atoms with Crippen molar-refractivity contribution in [2.45, 2.75) is 32.2 Å². The molecule has 29 heavy (non-hydrogen) atoms. The highest BCUT2D eigenvalue weighted by molar-refractivity contribution is 7.80. The summed E-state index contributed by atoms with van der Waals surface area (Å²) in [6.07, 6.45) is 1.34. The van der Waals surface area contributed by atoms with E-state index < -0.39 is 11.9 Å². The Bertz CT molecular complexity index is 899. The van der Waals surface area contributed by atoms with Gasteiger partial charge in [-0.15, -0.1) is 0 Å². The van der Waals surface area contributed by atoms with Crippen LogP contribution in [0.25, 0.3) is 0 Å². The van der Waals surface area contributed by atoms with Crippen LogP contribution in [0.5, 0.6) is 5.75 Å². The number of imide groups is 1. The number of hydrogen-bond donors (Lipinski definition) is 0. The molecule has 0 N–H and O–H groups in total. The number of carbonyl (C=O) groups is 2. The second kappa shape index (κ2) is 9.13. The molecule has 0 bridgehead atoms. The lowest BCUT2D eigenvalue weighted by molar-refractivity contribution is -0.122. The maximum Gasteiger partial charge on any atom is 0.257 e. The summed E-state index contributed by atoms with van der Waals surface area (Å²) in [5, 5.41) is 0. The molecule has 1 aliphatic heterocycles. The van der Waals surface area contributed by atoms with Gasteiger partial charge in [-0.3, -0.25) is 9.59 Å². The first kappa shape index (κ1) is 20.9. The fourth-order valence-corrected chi connectivity index (χ4v) is 3.64. The zero-order valence-corrected chi connectivity index (χ0v) is 17.2. The predicted molar refractivity (Wildman–Crippen MR) is 114 cm³/mol. The third-order valence-corrected chi connectivity index (χ3v) is 5.53. The van der Waals surface area contributed by atoms with Gasteiger partial charge in [0.2, 0.25) is 5.91 Å². The van der Waals surface area contributed by atoms with Gasteiger partial charge < -0.3 is 9.64 Å². The SMILES string of the molecule is CCC(=S)N(CCc1ccc(OC)cc1)C1CC(=O)N(c2ccc(F)cc2)C1=O. The normalized spacial score (nSPS) is 16.2. The highest BCUT2D eigenvalue weighted by Gasteiger charge is 2.43. The quantitative estimate of drug-likeness (QED) is 0.510. The first-order chi connectivity index (χ1) is 13.9. The van der Waals surface area contributed by atoms with E-state index in [2.05, 4.69) is 0 Å². The zero-order valence-electron chi connectivity index (χ0n) is 16.4. The predicted octanol–water partition coefficient (Wildman–Crippen LogP) is 3.75. The zero-order chi connectivity index (χ0) is 21.0. The topological polar surface area (TPSA) is 49.9 Å². The summed E-state index contributed by atoms with van der Waals surface area (Å²) in [7, 11) is 1.62. The molecule has 7 heteroatoms. The maximum atomic E-state index is 13.2. The van der Waals surface area contributed by atoms with E-state index in [1.54, 1.807) is 7.11 Å². The molecule has 2 amide bonds. The molecule has 1 saturated heterocycles. The van der Waals surface area contributed by atoms with Crippen molar-refractivity contribution in [3.8, 4) is 5.75 Å². The highest BCUT2D eigenvalue weighted by atomic mass is 32.1. The van der Waals surface area contributed by atoms with Crippen LogP contribution in [0.15, 0.2) is 48.5 Å². The minimum Gasteiger partial charge on any atom is -0.497 e. The fourth-order valence-electron chi connectivity index (χ4n) is 3.42. The molecular weight excluding hydrogens is 391 g/mol.